The maximum Gasteiger partial charge on any atom is 0.184 e. The van der Waals surface area contributed by atoms with E-state index in [2.05, 4.69) is 31.3 Å². The van der Waals surface area contributed by atoms with Crippen molar-refractivity contribution in [3.63, 3.8) is 0 Å². The van der Waals surface area contributed by atoms with Crippen LogP contribution in [0.15, 0.2) is 5.10 Å². The van der Waals surface area contributed by atoms with E-state index in [-0.39, 0.29) is 11.2 Å². The Hall–Kier alpha value is -0.680. The van der Waals surface area contributed by atoms with Gasteiger partial charge in [-0.25, -0.2) is 0 Å². The summed E-state index contributed by atoms with van der Waals surface area (Å²) in [6.45, 7) is 7.25. The molecular weight excluding hydrogens is 354 g/mol. The van der Waals surface area contributed by atoms with Gasteiger partial charge in [-0.15, -0.1) is 0 Å². The minimum Gasteiger partial charge on any atom is -0.393 e. The van der Waals surface area contributed by atoms with Crippen LogP contribution in [0.2, 0.25) is 0 Å². The van der Waals surface area contributed by atoms with Crippen LogP contribution in [0.3, 0.4) is 0 Å². The third-order valence-corrected chi connectivity index (χ3v) is 9.58. The maximum absolute atomic E-state index is 10.2. The molecule has 4 N–H and O–H groups in total. The summed E-state index contributed by atoms with van der Waals surface area (Å²) in [7, 11) is 0. The van der Waals surface area contributed by atoms with Crippen LogP contribution in [0.4, 0.5) is 0 Å². The van der Waals surface area contributed by atoms with E-state index in [4.69, 9.17) is 18.0 Å². The topological polar surface area (TPSA) is 70.6 Å². The van der Waals surface area contributed by atoms with Gasteiger partial charge in [-0.1, -0.05) is 13.8 Å². The lowest BCUT2D eigenvalue weighted by atomic mass is 9.44. The molecule has 0 heterocycles. The largest absolute Gasteiger partial charge is 0.393 e. The van der Waals surface area contributed by atoms with Gasteiger partial charge in [-0.05, 0) is 111 Å². The molecule has 4 nitrogen and oxygen atoms in total. The van der Waals surface area contributed by atoms with E-state index >= 15 is 0 Å². The molecule has 5 heteroatoms. The summed E-state index contributed by atoms with van der Waals surface area (Å²) in [6, 6.07) is 0. The van der Waals surface area contributed by atoms with E-state index in [0.717, 1.165) is 36.5 Å². The monoisotopic (exact) mass is 391 g/mol. The van der Waals surface area contributed by atoms with Crippen molar-refractivity contribution < 1.29 is 5.11 Å². The fourth-order valence-electron chi connectivity index (χ4n) is 8.14. The molecule has 4 aliphatic rings. The Bertz CT molecular complexity index is 637. The zero-order valence-corrected chi connectivity index (χ0v) is 18.0. The highest BCUT2D eigenvalue weighted by molar-refractivity contribution is 7.80. The quantitative estimate of drug-likeness (QED) is 0.374. The van der Waals surface area contributed by atoms with Crippen molar-refractivity contribution in [1.29, 1.82) is 0 Å². The predicted molar refractivity (Wildman–Crippen MR) is 114 cm³/mol. The highest BCUT2D eigenvalue weighted by atomic mass is 32.1. The molecule has 0 radical (unpaired) electrons. The van der Waals surface area contributed by atoms with Crippen molar-refractivity contribution in [3.05, 3.63) is 0 Å². The first-order valence-corrected chi connectivity index (χ1v) is 11.4. The molecule has 0 saturated heterocycles. The second kappa shape index (κ2) is 6.98. The number of hydrogen-bond donors (Lipinski definition) is 3. The Labute approximate surface area is 169 Å². The number of nitrogens with two attached hydrogens (primary N) is 1. The number of aliphatic hydroxyl groups excluding tert-OH is 1. The highest BCUT2D eigenvalue weighted by Gasteiger charge is 2.60. The SMILES string of the molecule is C/C(=N/NC(N)=S)[C@@H]1CC[C@@H]2[C@@H]3CC[C@H]4C[C@@H](O)CC[C@]4(C)[C@H]3CC[C@@]21C. The number of hydrogen-bond acceptors (Lipinski definition) is 3. The van der Waals surface area contributed by atoms with Crippen molar-refractivity contribution in [2.24, 2.45) is 51.3 Å². The summed E-state index contributed by atoms with van der Waals surface area (Å²) < 4.78 is 0. The summed E-state index contributed by atoms with van der Waals surface area (Å²) >= 11 is 4.92. The Morgan fingerprint density at radius 3 is 2.48 bits per heavy atom. The van der Waals surface area contributed by atoms with Gasteiger partial charge in [0.1, 0.15) is 0 Å². The van der Waals surface area contributed by atoms with Crippen LogP contribution in [-0.4, -0.2) is 22.0 Å². The third-order valence-electron chi connectivity index (χ3n) is 9.48. The molecule has 152 valence electrons. The molecule has 0 spiro atoms. The first-order chi connectivity index (χ1) is 12.8. The lowest BCUT2D eigenvalue weighted by Crippen LogP contribution is -2.54. The second-order valence-electron chi connectivity index (χ2n) is 10.5. The van der Waals surface area contributed by atoms with Gasteiger partial charge in [0.05, 0.1) is 6.10 Å². The maximum atomic E-state index is 10.2. The minimum atomic E-state index is -0.0515. The Morgan fingerprint density at radius 1 is 1.04 bits per heavy atom. The molecular formula is C22H37N3OS. The fraction of sp³-hybridized carbons (Fsp3) is 0.909. The van der Waals surface area contributed by atoms with E-state index in [1.807, 2.05) is 0 Å². The number of fused-ring (bicyclic) bond motifs is 5. The van der Waals surface area contributed by atoms with Gasteiger partial charge >= 0.3 is 0 Å². The van der Waals surface area contributed by atoms with Crippen molar-refractivity contribution in [3.8, 4) is 0 Å². The van der Waals surface area contributed by atoms with Crippen molar-refractivity contribution >= 4 is 23.0 Å². The average Bonchev–Trinajstić information content (AvgIpc) is 2.97. The zero-order chi connectivity index (χ0) is 19.4. The molecule has 0 aromatic rings. The smallest absolute Gasteiger partial charge is 0.184 e. The summed E-state index contributed by atoms with van der Waals surface area (Å²) in [5.41, 5.74) is 10.4. The number of nitrogens with zero attached hydrogens (tertiary/aromatic N) is 1. The molecule has 4 aliphatic carbocycles. The molecule has 27 heavy (non-hydrogen) atoms. The number of nitrogens with one attached hydrogen (secondary N) is 1. The summed E-state index contributed by atoms with van der Waals surface area (Å²) in [4.78, 5) is 0. The van der Waals surface area contributed by atoms with Crippen LogP contribution in [0.25, 0.3) is 0 Å². The van der Waals surface area contributed by atoms with Gasteiger partial charge < -0.3 is 10.8 Å². The highest BCUT2D eigenvalue weighted by Crippen LogP contribution is 2.67. The van der Waals surface area contributed by atoms with Gasteiger partial charge in [0.2, 0.25) is 0 Å². The lowest BCUT2D eigenvalue weighted by molar-refractivity contribution is -0.123. The lowest BCUT2D eigenvalue weighted by Gasteiger charge is -2.61. The summed E-state index contributed by atoms with van der Waals surface area (Å²) in [5.74, 6) is 3.82. The summed E-state index contributed by atoms with van der Waals surface area (Å²) in [5, 5.41) is 15.0. The molecule has 4 rings (SSSR count). The number of thiocarbonyl (C=S) groups is 1. The summed E-state index contributed by atoms with van der Waals surface area (Å²) in [6.07, 6.45) is 11.2. The average molecular weight is 392 g/mol. The molecule has 4 saturated carbocycles. The Balaban J connectivity index is 1.55. The van der Waals surface area contributed by atoms with E-state index in [9.17, 15) is 5.11 Å². The number of aliphatic hydroxyl groups is 1. The van der Waals surface area contributed by atoms with Crippen LogP contribution < -0.4 is 11.2 Å². The van der Waals surface area contributed by atoms with E-state index in [1.165, 1.54) is 50.7 Å². The van der Waals surface area contributed by atoms with Crippen LogP contribution in [-0.2, 0) is 0 Å². The van der Waals surface area contributed by atoms with E-state index in [0.29, 0.717) is 16.7 Å². The minimum absolute atomic E-state index is 0.0515. The molecule has 8 atom stereocenters. The molecule has 0 bridgehead atoms. The zero-order valence-electron chi connectivity index (χ0n) is 17.2. The number of rotatable bonds is 2. The first kappa shape index (κ1) is 19.6. The standard InChI is InChI=1S/C22H37N3OS/c1-13(24-25-20(23)27)17-6-7-18-16-5-4-14-12-15(26)8-10-21(14,2)19(16)9-11-22(17,18)3/h14-19,26H,4-12H2,1-3H3,(H3,23,25,27)/b24-13-/t14-,15-,16-,17-,18+,19-,21-,22+/m0/s1. The van der Waals surface area contributed by atoms with Crippen LogP contribution >= 0.6 is 12.2 Å². The van der Waals surface area contributed by atoms with Crippen LogP contribution in [0.5, 0.6) is 0 Å². The number of hydrazone groups is 1. The van der Waals surface area contributed by atoms with Crippen LogP contribution in [0.1, 0.15) is 78.6 Å². The molecule has 0 unspecified atom stereocenters. The first-order valence-electron chi connectivity index (χ1n) is 11.0. The van der Waals surface area contributed by atoms with E-state index in [1.54, 1.807) is 0 Å². The molecule has 0 aromatic carbocycles. The van der Waals surface area contributed by atoms with Crippen molar-refractivity contribution in [2.75, 3.05) is 0 Å². The van der Waals surface area contributed by atoms with Gasteiger partial charge in [0, 0.05) is 11.6 Å². The van der Waals surface area contributed by atoms with Crippen molar-refractivity contribution in [2.45, 2.75) is 84.7 Å². The predicted octanol–water partition coefficient (Wildman–Crippen LogP) is 4.22. The van der Waals surface area contributed by atoms with Gasteiger partial charge in [0.15, 0.2) is 5.11 Å². The van der Waals surface area contributed by atoms with Gasteiger partial charge in [-0.2, -0.15) is 5.10 Å². The van der Waals surface area contributed by atoms with E-state index < -0.39 is 0 Å². The second-order valence-corrected chi connectivity index (χ2v) is 10.9. The molecule has 0 aliphatic heterocycles. The fourth-order valence-corrected chi connectivity index (χ4v) is 8.19. The molecule has 4 fully saturated rings. The normalized spacial score (nSPS) is 49.7. The third kappa shape index (κ3) is 3.13. The Kier molecular flexibility index (Phi) is 5.07. The Morgan fingerprint density at radius 2 is 1.74 bits per heavy atom. The van der Waals surface area contributed by atoms with Crippen molar-refractivity contribution in [1.82, 2.24) is 5.43 Å². The van der Waals surface area contributed by atoms with Gasteiger partial charge in [-0.3, -0.25) is 5.43 Å². The molecule has 0 aromatic heterocycles. The molecule has 0 amide bonds. The van der Waals surface area contributed by atoms with Gasteiger partial charge in [0.25, 0.3) is 0 Å². The van der Waals surface area contributed by atoms with Crippen LogP contribution in [0, 0.1) is 40.4 Å².